The zero-order chi connectivity index (χ0) is 24.9. The van der Waals surface area contributed by atoms with Crippen LogP contribution < -0.4 is 0 Å². The lowest BCUT2D eigenvalue weighted by molar-refractivity contribution is -0.161. The number of hydrogen-bond donors (Lipinski definition) is 0. The van der Waals surface area contributed by atoms with Crippen LogP contribution in [-0.2, 0) is 35.0 Å². The van der Waals surface area contributed by atoms with Gasteiger partial charge in [-0.15, -0.1) is 0 Å². The molecule has 0 spiro atoms. The van der Waals surface area contributed by atoms with Crippen molar-refractivity contribution in [1.29, 1.82) is 0 Å². The molecule has 0 aliphatic rings. The summed E-state index contributed by atoms with van der Waals surface area (Å²) in [4.78, 5) is 36.8. The summed E-state index contributed by atoms with van der Waals surface area (Å²) in [5, 5.41) is 0. The number of esters is 2. The second-order valence-corrected chi connectivity index (χ2v) is 7.84. The minimum Gasteiger partial charge on any atom is -0.465 e. The Balaban J connectivity index is 2.37. The van der Waals surface area contributed by atoms with E-state index in [1.807, 2.05) is 12.1 Å². The van der Waals surface area contributed by atoms with E-state index in [9.17, 15) is 14.4 Å². The number of ether oxygens (including phenoxy) is 4. The number of carbonyl (C=O) groups is 3. The minimum absolute atomic E-state index is 0.0597. The van der Waals surface area contributed by atoms with Crippen LogP contribution in [0.3, 0.4) is 0 Å². The van der Waals surface area contributed by atoms with E-state index in [2.05, 4.69) is 27.8 Å². The van der Waals surface area contributed by atoms with E-state index in [0.29, 0.717) is 16.7 Å². The summed E-state index contributed by atoms with van der Waals surface area (Å²) in [5.41, 5.74) is 1.90. The number of rotatable bonds is 9. The first-order chi connectivity index (χ1) is 16.4. The van der Waals surface area contributed by atoms with Crippen molar-refractivity contribution >= 4 is 34.0 Å². The molecule has 180 valence electrons. The average molecular weight is 531 g/mol. The third-order valence-electron chi connectivity index (χ3n) is 4.57. The molecule has 1 atom stereocenters. The van der Waals surface area contributed by atoms with Crippen molar-refractivity contribution in [2.45, 2.75) is 33.3 Å². The first kappa shape index (κ1) is 26.9. The first-order valence-electron chi connectivity index (χ1n) is 10.9. The highest BCUT2D eigenvalue weighted by Gasteiger charge is 2.30. The molecule has 8 heteroatoms. The maximum absolute atomic E-state index is 12.4. The summed E-state index contributed by atoms with van der Waals surface area (Å²) in [6, 6.07) is 14.3. The molecule has 2 rings (SSSR count). The summed E-state index contributed by atoms with van der Waals surface area (Å²) in [6.07, 6.45) is -1.65. The van der Waals surface area contributed by atoms with Crippen LogP contribution in [0.4, 0.5) is 4.79 Å². The van der Waals surface area contributed by atoms with Gasteiger partial charge in [-0.3, -0.25) is 9.59 Å². The molecule has 0 bridgehead atoms. The Bertz CT molecular complexity index is 1020. The van der Waals surface area contributed by atoms with Gasteiger partial charge in [0.15, 0.2) is 12.0 Å². The number of carbonyl (C=O) groups excluding carboxylic acids is 3. The zero-order valence-electron chi connectivity index (χ0n) is 19.3. The maximum atomic E-state index is 12.4. The maximum Gasteiger partial charge on any atom is 0.509 e. The van der Waals surface area contributed by atoms with Crippen LogP contribution >= 0.6 is 15.9 Å². The number of halogens is 1. The summed E-state index contributed by atoms with van der Waals surface area (Å²) in [6.45, 7) is 5.50. The van der Waals surface area contributed by atoms with Gasteiger partial charge in [0.1, 0.15) is 0 Å². The second kappa shape index (κ2) is 14.1. The van der Waals surface area contributed by atoms with Gasteiger partial charge in [0, 0.05) is 15.6 Å². The zero-order valence-corrected chi connectivity index (χ0v) is 20.9. The summed E-state index contributed by atoms with van der Waals surface area (Å²) < 4.78 is 21.3. The molecule has 0 fully saturated rings. The van der Waals surface area contributed by atoms with Crippen LogP contribution in [0.25, 0.3) is 0 Å². The van der Waals surface area contributed by atoms with Crippen LogP contribution in [0.5, 0.6) is 0 Å². The van der Waals surface area contributed by atoms with Gasteiger partial charge >= 0.3 is 18.1 Å². The van der Waals surface area contributed by atoms with Crippen molar-refractivity contribution in [3.05, 3.63) is 69.7 Å². The molecule has 2 aromatic rings. The van der Waals surface area contributed by atoms with E-state index < -0.39 is 30.1 Å². The Labute approximate surface area is 207 Å². The predicted molar refractivity (Wildman–Crippen MR) is 129 cm³/mol. The molecule has 7 nitrogen and oxygen atoms in total. The predicted octanol–water partition coefficient (Wildman–Crippen LogP) is 5.00. The van der Waals surface area contributed by atoms with Gasteiger partial charge in [0.05, 0.1) is 19.8 Å². The third kappa shape index (κ3) is 8.23. The fourth-order valence-corrected chi connectivity index (χ4v) is 3.26. The van der Waals surface area contributed by atoms with E-state index in [1.165, 1.54) is 0 Å². The van der Waals surface area contributed by atoms with Crippen LogP contribution in [0.1, 0.15) is 43.6 Å². The van der Waals surface area contributed by atoms with Crippen molar-refractivity contribution in [2.75, 3.05) is 19.8 Å². The highest BCUT2D eigenvalue weighted by Crippen LogP contribution is 2.22. The standard InChI is InChI=1S/C26H27BrO7/c1-4-31-24(28)22(25(29)32-5-2)17-20-10-8-7-9-18(20)13-16-23(34-26(30)33-6-3)19-11-14-21(27)15-12-19/h7-12,14-15,22-23H,4-6,17H2,1-3H3. The number of hydrogen-bond acceptors (Lipinski definition) is 7. The van der Waals surface area contributed by atoms with Crippen LogP contribution in [0.15, 0.2) is 53.0 Å². The smallest absolute Gasteiger partial charge is 0.465 e. The third-order valence-corrected chi connectivity index (χ3v) is 5.10. The average Bonchev–Trinajstić information content (AvgIpc) is 2.81. The molecule has 2 aromatic carbocycles. The highest BCUT2D eigenvalue weighted by atomic mass is 79.9. The van der Waals surface area contributed by atoms with E-state index >= 15 is 0 Å². The second-order valence-electron chi connectivity index (χ2n) is 6.92. The molecule has 0 heterocycles. The van der Waals surface area contributed by atoms with Gasteiger partial charge in [-0.1, -0.05) is 52.2 Å². The van der Waals surface area contributed by atoms with E-state index in [-0.39, 0.29) is 26.2 Å². The van der Waals surface area contributed by atoms with E-state index in [4.69, 9.17) is 18.9 Å². The quantitative estimate of drug-likeness (QED) is 0.195. The lowest BCUT2D eigenvalue weighted by atomic mass is 9.95. The fourth-order valence-electron chi connectivity index (χ4n) is 3.00. The van der Waals surface area contributed by atoms with E-state index in [1.54, 1.807) is 57.2 Å². The van der Waals surface area contributed by atoms with Crippen molar-refractivity contribution in [3.8, 4) is 11.8 Å². The molecular weight excluding hydrogens is 504 g/mol. The molecule has 0 aliphatic carbocycles. The molecule has 0 aromatic heterocycles. The van der Waals surface area contributed by atoms with Crippen molar-refractivity contribution < 1.29 is 33.3 Å². The normalized spacial score (nSPS) is 11.1. The molecule has 34 heavy (non-hydrogen) atoms. The lowest BCUT2D eigenvalue weighted by Gasteiger charge is -2.15. The molecule has 1 unspecified atom stereocenters. The Hall–Kier alpha value is -3.31. The van der Waals surface area contributed by atoms with Crippen molar-refractivity contribution in [3.63, 3.8) is 0 Å². The van der Waals surface area contributed by atoms with Gasteiger partial charge in [-0.05, 0) is 56.9 Å². The Kier molecular flexibility index (Phi) is 11.1. The molecule has 0 N–H and O–H groups in total. The molecule has 0 saturated heterocycles. The summed E-state index contributed by atoms with van der Waals surface area (Å²) >= 11 is 3.38. The molecule has 0 amide bonds. The van der Waals surface area contributed by atoms with E-state index in [0.717, 1.165) is 4.47 Å². The van der Waals surface area contributed by atoms with Crippen molar-refractivity contribution in [2.24, 2.45) is 5.92 Å². The largest absolute Gasteiger partial charge is 0.509 e. The first-order valence-corrected chi connectivity index (χ1v) is 11.7. The van der Waals surface area contributed by atoms with Crippen molar-refractivity contribution in [1.82, 2.24) is 0 Å². The van der Waals surface area contributed by atoms with Crippen LogP contribution in [0, 0.1) is 17.8 Å². The Morgan fingerprint density at radius 3 is 2.03 bits per heavy atom. The van der Waals surface area contributed by atoms with Gasteiger partial charge in [0.2, 0.25) is 0 Å². The molecule has 0 aliphatic heterocycles. The topological polar surface area (TPSA) is 88.1 Å². The fraction of sp³-hybridized carbons (Fsp3) is 0.346. The SMILES string of the molecule is CCOC(=O)OC(C#Cc1ccccc1CC(C(=O)OCC)C(=O)OCC)c1ccc(Br)cc1. The minimum atomic E-state index is -1.11. The Morgan fingerprint density at radius 1 is 0.853 bits per heavy atom. The van der Waals surface area contributed by atoms with Gasteiger partial charge in [0.25, 0.3) is 0 Å². The Morgan fingerprint density at radius 2 is 1.44 bits per heavy atom. The lowest BCUT2D eigenvalue weighted by Crippen LogP contribution is -2.30. The van der Waals surface area contributed by atoms with Gasteiger partial charge < -0.3 is 18.9 Å². The summed E-state index contributed by atoms with van der Waals surface area (Å²) in [5.74, 6) is 3.57. The van der Waals surface area contributed by atoms with Gasteiger partial charge in [-0.2, -0.15) is 0 Å². The van der Waals surface area contributed by atoms with Crippen LogP contribution in [0.2, 0.25) is 0 Å². The highest BCUT2D eigenvalue weighted by molar-refractivity contribution is 9.10. The summed E-state index contributed by atoms with van der Waals surface area (Å²) in [7, 11) is 0. The monoisotopic (exact) mass is 530 g/mol. The van der Waals surface area contributed by atoms with Gasteiger partial charge in [-0.25, -0.2) is 4.79 Å². The molecule has 0 radical (unpaired) electrons. The van der Waals surface area contributed by atoms with Crippen LogP contribution in [-0.4, -0.2) is 37.9 Å². The molecule has 0 saturated carbocycles. The number of benzene rings is 2. The molecular formula is C26H27BrO7.